The average molecular weight is 564 g/mol. The summed E-state index contributed by atoms with van der Waals surface area (Å²) in [5, 5.41) is 14.4. The van der Waals surface area contributed by atoms with Crippen LogP contribution in [-0.2, 0) is 13.0 Å². The molecule has 0 bridgehead atoms. The van der Waals surface area contributed by atoms with Gasteiger partial charge in [-0.15, -0.1) is 5.10 Å². The van der Waals surface area contributed by atoms with Gasteiger partial charge in [-0.3, -0.25) is 4.79 Å². The maximum absolute atomic E-state index is 14.1. The van der Waals surface area contributed by atoms with Crippen LogP contribution >= 0.6 is 0 Å². The first-order valence-corrected chi connectivity index (χ1v) is 14.7. The monoisotopic (exact) mass is 563 g/mol. The number of aryl methyl sites for hydroxylation is 1. The van der Waals surface area contributed by atoms with Crippen molar-refractivity contribution >= 4 is 5.91 Å². The maximum atomic E-state index is 14.1. The molecule has 3 aromatic carbocycles. The highest BCUT2D eigenvalue weighted by Crippen LogP contribution is 2.31. The molecule has 0 aliphatic carbocycles. The van der Waals surface area contributed by atoms with Crippen LogP contribution in [0.2, 0.25) is 0 Å². The molecule has 0 saturated carbocycles. The molecule has 0 unspecified atom stereocenters. The number of H-pyrrole nitrogens is 1. The lowest BCUT2D eigenvalue weighted by Gasteiger charge is -2.27. The van der Waals surface area contributed by atoms with E-state index in [2.05, 4.69) is 62.4 Å². The molecular weight excluding hydrogens is 529 g/mol. The molecule has 1 aliphatic rings. The number of piperidine rings is 1. The van der Waals surface area contributed by atoms with E-state index < -0.39 is 0 Å². The number of hydrogen-bond donors (Lipinski definition) is 1. The number of aromatic amines is 1. The predicted molar refractivity (Wildman–Crippen MR) is 160 cm³/mol. The van der Waals surface area contributed by atoms with Gasteiger partial charge in [0.1, 0.15) is 23.0 Å². The van der Waals surface area contributed by atoms with Gasteiger partial charge in [0.05, 0.1) is 0 Å². The van der Waals surface area contributed by atoms with Gasteiger partial charge >= 0.3 is 0 Å². The molecule has 1 amide bonds. The van der Waals surface area contributed by atoms with Crippen LogP contribution in [-0.4, -0.2) is 54.1 Å². The van der Waals surface area contributed by atoms with Crippen molar-refractivity contribution < 1.29 is 9.18 Å². The first-order valence-electron chi connectivity index (χ1n) is 14.7. The minimum Gasteiger partial charge on any atom is -0.337 e. The normalized spacial score (nSPS) is 13.4. The zero-order valence-corrected chi connectivity index (χ0v) is 23.8. The van der Waals surface area contributed by atoms with Gasteiger partial charge in [-0.05, 0) is 77.1 Å². The Bertz CT molecular complexity index is 1640. The van der Waals surface area contributed by atoms with E-state index in [4.69, 9.17) is 4.98 Å². The van der Waals surface area contributed by atoms with Gasteiger partial charge < -0.3 is 9.47 Å². The number of likely N-dealkylation sites (tertiary alicyclic amines) is 1. The number of carbonyl (C=O) groups excluding carboxylic acids is 1. The second-order valence-corrected chi connectivity index (χ2v) is 10.8. The summed E-state index contributed by atoms with van der Waals surface area (Å²) >= 11 is 0. The van der Waals surface area contributed by atoms with Crippen molar-refractivity contribution in [3.8, 4) is 33.8 Å². The average Bonchev–Trinajstić information content (AvgIpc) is 3.70. The molecule has 1 fully saturated rings. The first-order chi connectivity index (χ1) is 20.6. The third-order valence-electron chi connectivity index (χ3n) is 7.90. The van der Waals surface area contributed by atoms with Crippen LogP contribution in [0.25, 0.3) is 33.8 Å². The van der Waals surface area contributed by atoms with Crippen LogP contribution in [0.5, 0.6) is 0 Å². The fourth-order valence-electron chi connectivity index (χ4n) is 5.65. The fraction of sp³-hybridized carbons (Fsp3) is 0.303. The lowest BCUT2D eigenvalue weighted by Crippen LogP contribution is -2.37. The van der Waals surface area contributed by atoms with Crippen molar-refractivity contribution in [1.29, 1.82) is 0 Å². The van der Waals surface area contributed by atoms with Crippen molar-refractivity contribution in [2.75, 3.05) is 13.1 Å². The second-order valence-electron chi connectivity index (χ2n) is 10.8. The van der Waals surface area contributed by atoms with Crippen molar-refractivity contribution in [3.05, 3.63) is 95.7 Å². The molecule has 0 spiro atoms. The Balaban J connectivity index is 1.39. The SMILES string of the molecule is CCCCc1nc(-c2ccc(F)cc2)c(C(=O)N2CCCCC2)n1Cc1ccc(-c2ccccc2-c2nnn[nH]2)cc1. The number of tetrazole rings is 1. The lowest BCUT2D eigenvalue weighted by molar-refractivity contribution is 0.0714. The smallest absolute Gasteiger partial charge is 0.272 e. The number of imidazole rings is 1. The van der Waals surface area contributed by atoms with Crippen molar-refractivity contribution in [2.45, 2.75) is 52.0 Å². The number of rotatable bonds is 9. The van der Waals surface area contributed by atoms with Gasteiger partial charge in [0.25, 0.3) is 5.91 Å². The standard InChI is InChI=1S/C33H34FN7O/c1-2-3-11-29-35-30(25-16-18-26(34)19-17-25)31(33(42)40-20-7-4-8-21-40)41(29)22-23-12-14-24(15-13-23)27-9-5-6-10-28(27)32-36-38-39-37-32/h5-6,9-10,12-19H,2-4,7-8,11,20-22H2,1H3,(H,36,37,38,39). The molecule has 42 heavy (non-hydrogen) atoms. The first kappa shape index (κ1) is 27.5. The molecule has 0 atom stereocenters. The van der Waals surface area contributed by atoms with E-state index in [0.717, 1.165) is 85.3 Å². The van der Waals surface area contributed by atoms with E-state index in [1.807, 2.05) is 23.1 Å². The number of unbranched alkanes of at least 4 members (excludes halogenated alkanes) is 1. The van der Waals surface area contributed by atoms with Crippen LogP contribution in [0.3, 0.4) is 0 Å². The Labute approximate surface area is 244 Å². The summed E-state index contributed by atoms with van der Waals surface area (Å²) in [5.74, 6) is 1.18. The highest BCUT2D eigenvalue weighted by Gasteiger charge is 2.28. The summed E-state index contributed by atoms with van der Waals surface area (Å²) in [6.07, 6.45) is 5.88. The number of carbonyl (C=O) groups is 1. The molecular formula is C33H34FN7O. The minimum absolute atomic E-state index is 0.00418. The van der Waals surface area contributed by atoms with Crippen molar-refractivity contribution in [2.24, 2.45) is 0 Å². The molecule has 6 rings (SSSR count). The second kappa shape index (κ2) is 12.5. The van der Waals surface area contributed by atoms with E-state index in [-0.39, 0.29) is 11.7 Å². The molecule has 3 heterocycles. The highest BCUT2D eigenvalue weighted by atomic mass is 19.1. The zero-order chi connectivity index (χ0) is 28.9. The Kier molecular flexibility index (Phi) is 8.16. The van der Waals surface area contributed by atoms with E-state index in [1.54, 1.807) is 12.1 Å². The van der Waals surface area contributed by atoms with Crippen LogP contribution in [0, 0.1) is 5.82 Å². The topological polar surface area (TPSA) is 92.6 Å². The molecule has 1 N–H and O–H groups in total. The quantitative estimate of drug-likeness (QED) is 0.219. The Hall–Kier alpha value is -4.66. The Morgan fingerprint density at radius 3 is 2.31 bits per heavy atom. The third-order valence-corrected chi connectivity index (χ3v) is 7.90. The Morgan fingerprint density at radius 2 is 1.62 bits per heavy atom. The van der Waals surface area contributed by atoms with Gasteiger partial charge in [-0.1, -0.05) is 61.9 Å². The number of aromatic nitrogens is 6. The molecule has 214 valence electrons. The summed E-state index contributed by atoms with van der Waals surface area (Å²) < 4.78 is 15.9. The summed E-state index contributed by atoms with van der Waals surface area (Å²) in [6, 6.07) is 22.7. The van der Waals surface area contributed by atoms with E-state index in [9.17, 15) is 9.18 Å². The molecule has 5 aromatic rings. The van der Waals surface area contributed by atoms with Gasteiger partial charge in [0, 0.05) is 37.2 Å². The Morgan fingerprint density at radius 1 is 0.905 bits per heavy atom. The fourth-order valence-corrected chi connectivity index (χ4v) is 5.65. The van der Waals surface area contributed by atoms with Crippen LogP contribution in [0.15, 0.2) is 72.8 Å². The van der Waals surface area contributed by atoms with Gasteiger partial charge in [-0.25, -0.2) is 14.5 Å². The van der Waals surface area contributed by atoms with Gasteiger partial charge in [-0.2, -0.15) is 0 Å². The van der Waals surface area contributed by atoms with Crippen LogP contribution in [0.1, 0.15) is 60.9 Å². The van der Waals surface area contributed by atoms with Crippen molar-refractivity contribution in [1.82, 2.24) is 35.1 Å². The van der Waals surface area contributed by atoms with Crippen LogP contribution < -0.4 is 0 Å². The molecule has 9 heteroatoms. The summed E-state index contributed by atoms with van der Waals surface area (Å²) in [7, 11) is 0. The number of nitrogens with one attached hydrogen (secondary N) is 1. The minimum atomic E-state index is -0.311. The molecule has 0 radical (unpaired) electrons. The number of nitrogens with zero attached hydrogens (tertiary/aromatic N) is 6. The van der Waals surface area contributed by atoms with E-state index >= 15 is 0 Å². The number of hydrogen-bond acceptors (Lipinski definition) is 5. The predicted octanol–water partition coefficient (Wildman–Crippen LogP) is 6.55. The molecule has 1 aliphatic heterocycles. The largest absolute Gasteiger partial charge is 0.337 e. The number of benzene rings is 3. The molecule has 8 nitrogen and oxygen atoms in total. The van der Waals surface area contributed by atoms with Crippen LogP contribution in [0.4, 0.5) is 4.39 Å². The maximum Gasteiger partial charge on any atom is 0.272 e. The summed E-state index contributed by atoms with van der Waals surface area (Å²) in [5.41, 5.74) is 6.01. The molecule has 2 aromatic heterocycles. The van der Waals surface area contributed by atoms with Gasteiger partial charge in [0.15, 0.2) is 5.82 Å². The highest BCUT2D eigenvalue weighted by molar-refractivity contribution is 5.99. The van der Waals surface area contributed by atoms with E-state index in [0.29, 0.717) is 23.8 Å². The van der Waals surface area contributed by atoms with Crippen molar-refractivity contribution in [3.63, 3.8) is 0 Å². The third kappa shape index (κ3) is 5.72. The summed E-state index contributed by atoms with van der Waals surface area (Å²) in [6.45, 7) is 4.15. The lowest BCUT2D eigenvalue weighted by atomic mass is 9.98. The summed E-state index contributed by atoms with van der Waals surface area (Å²) in [4.78, 5) is 21.1. The molecule has 1 saturated heterocycles. The number of halogens is 1. The van der Waals surface area contributed by atoms with Gasteiger partial charge in [0.2, 0.25) is 0 Å². The number of amides is 1. The zero-order valence-electron chi connectivity index (χ0n) is 23.8. The van der Waals surface area contributed by atoms with E-state index in [1.165, 1.54) is 12.1 Å².